The van der Waals surface area contributed by atoms with Crippen molar-refractivity contribution in [1.29, 1.82) is 0 Å². The molecule has 2 atom stereocenters. The van der Waals surface area contributed by atoms with Crippen LogP contribution in [0, 0.1) is 0 Å². The van der Waals surface area contributed by atoms with E-state index in [0.29, 0.717) is 25.9 Å². The Morgan fingerprint density at radius 3 is 2.36 bits per heavy atom. The molecule has 5 nitrogen and oxygen atoms in total. The summed E-state index contributed by atoms with van der Waals surface area (Å²) in [6.45, 7) is 1.26. The zero-order valence-electron chi connectivity index (χ0n) is 14.1. The molecular formula is C20H24N2O3. The van der Waals surface area contributed by atoms with Crippen molar-refractivity contribution >= 4 is 11.6 Å². The van der Waals surface area contributed by atoms with Crippen molar-refractivity contribution < 1.29 is 15.0 Å². The van der Waals surface area contributed by atoms with Crippen molar-refractivity contribution in [3.63, 3.8) is 0 Å². The third kappa shape index (κ3) is 4.59. The predicted molar refractivity (Wildman–Crippen MR) is 98.2 cm³/mol. The van der Waals surface area contributed by atoms with Crippen molar-refractivity contribution in [2.45, 2.75) is 25.0 Å². The number of hydrogen-bond acceptors (Lipinski definition) is 4. The van der Waals surface area contributed by atoms with Gasteiger partial charge in [-0.05, 0) is 29.7 Å². The van der Waals surface area contributed by atoms with Gasteiger partial charge in [0.2, 0.25) is 5.91 Å². The van der Waals surface area contributed by atoms with Crippen molar-refractivity contribution in [2.75, 3.05) is 25.0 Å². The molecule has 1 aliphatic rings. The number of rotatable bonds is 5. The summed E-state index contributed by atoms with van der Waals surface area (Å²) in [5, 5.41) is 22.4. The topological polar surface area (TPSA) is 72.8 Å². The Labute approximate surface area is 147 Å². The molecule has 0 unspecified atom stereocenters. The highest BCUT2D eigenvalue weighted by Gasteiger charge is 2.28. The zero-order valence-corrected chi connectivity index (χ0v) is 14.1. The standard InChI is InChI=1S/C20H24N2O3/c23-18-11-13-22(14-19(18)24)20(25)10-12-21-17-8-6-16(7-9-17)15-4-2-1-3-5-15/h1-9,18-19,21,23-24H,10-14H2/t18-,19-/m1/s1. The van der Waals surface area contributed by atoms with Crippen molar-refractivity contribution in [2.24, 2.45) is 0 Å². The Bertz CT molecular complexity index is 688. The number of hydrogen-bond donors (Lipinski definition) is 3. The Morgan fingerprint density at radius 2 is 1.68 bits per heavy atom. The molecule has 0 saturated carbocycles. The molecule has 0 aliphatic carbocycles. The van der Waals surface area contributed by atoms with Crippen LogP contribution in [0.2, 0.25) is 0 Å². The number of anilines is 1. The van der Waals surface area contributed by atoms with Crippen molar-refractivity contribution in [1.82, 2.24) is 4.90 Å². The first-order valence-electron chi connectivity index (χ1n) is 8.67. The van der Waals surface area contributed by atoms with Gasteiger partial charge in [0.15, 0.2) is 0 Å². The van der Waals surface area contributed by atoms with Crippen LogP contribution < -0.4 is 5.32 Å². The first-order valence-corrected chi connectivity index (χ1v) is 8.67. The van der Waals surface area contributed by atoms with Gasteiger partial charge in [0, 0.05) is 31.7 Å². The van der Waals surface area contributed by atoms with Crippen LogP contribution in [0.15, 0.2) is 54.6 Å². The van der Waals surface area contributed by atoms with Gasteiger partial charge in [-0.25, -0.2) is 0 Å². The molecule has 0 aromatic heterocycles. The largest absolute Gasteiger partial charge is 0.390 e. The molecule has 132 valence electrons. The molecule has 1 heterocycles. The van der Waals surface area contributed by atoms with Gasteiger partial charge in [0.1, 0.15) is 0 Å². The minimum atomic E-state index is -0.837. The number of β-amino-alcohol motifs (C(OH)–C–C–N with tert-alkyl or cyclic N) is 1. The Kier molecular flexibility index (Phi) is 5.68. The van der Waals surface area contributed by atoms with E-state index >= 15 is 0 Å². The summed E-state index contributed by atoms with van der Waals surface area (Å²) in [5.74, 6) is -0.000597. The molecule has 1 saturated heterocycles. The maximum Gasteiger partial charge on any atom is 0.224 e. The van der Waals surface area contributed by atoms with E-state index in [2.05, 4.69) is 29.6 Å². The highest BCUT2D eigenvalue weighted by molar-refractivity contribution is 5.77. The fourth-order valence-corrected chi connectivity index (χ4v) is 3.03. The quantitative estimate of drug-likeness (QED) is 0.779. The maximum atomic E-state index is 12.2. The van der Waals surface area contributed by atoms with Gasteiger partial charge in [-0.15, -0.1) is 0 Å². The van der Waals surface area contributed by atoms with Gasteiger partial charge in [0.05, 0.1) is 12.2 Å². The lowest BCUT2D eigenvalue weighted by Gasteiger charge is -2.33. The van der Waals surface area contributed by atoms with E-state index in [4.69, 9.17) is 0 Å². The normalized spacial score (nSPS) is 20.3. The number of benzene rings is 2. The lowest BCUT2D eigenvalue weighted by molar-refractivity contribution is -0.137. The first-order chi connectivity index (χ1) is 12.1. The van der Waals surface area contributed by atoms with Crippen LogP contribution in [0.3, 0.4) is 0 Å². The number of aliphatic hydroxyl groups excluding tert-OH is 2. The van der Waals surface area contributed by atoms with Gasteiger partial charge in [-0.2, -0.15) is 0 Å². The second-order valence-corrected chi connectivity index (χ2v) is 6.38. The van der Waals surface area contributed by atoms with Crippen molar-refractivity contribution in [3.05, 3.63) is 54.6 Å². The first kappa shape index (κ1) is 17.5. The maximum absolute atomic E-state index is 12.2. The van der Waals surface area contributed by atoms with E-state index in [1.807, 2.05) is 30.3 Å². The summed E-state index contributed by atoms with van der Waals surface area (Å²) in [6.07, 6.45) is -0.758. The minimum absolute atomic E-state index is 0.000597. The Hall–Kier alpha value is -2.37. The number of carbonyl (C=O) groups is 1. The lowest BCUT2D eigenvalue weighted by Crippen LogP contribution is -2.49. The molecule has 3 rings (SSSR count). The SMILES string of the molecule is O=C(CCNc1ccc(-c2ccccc2)cc1)N1CC[C@@H](O)[C@H](O)C1. The molecule has 2 aromatic carbocycles. The zero-order chi connectivity index (χ0) is 17.6. The molecule has 1 fully saturated rings. The van der Waals surface area contributed by atoms with E-state index in [-0.39, 0.29) is 12.5 Å². The fraction of sp³-hybridized carbons (Fsp3) is 0.350. The van der Waals surface area contributed by atoms with E-state index in [1.54, 1.807) is 4.90 Å². The molecule has 3 N–H and O–H groups in total. The third-order valence-corrected chi connectivity index (χ3v) is 4.56. The summed E-state index contributed by atoms with van der Waals surface area (Å²) in [6, 6.07) is 18.3. The summed E-state index contributed by atoms with van der Waals surface area (Å²) < 4.78 is 0. The van der Waals surface area contributed by atoms with Gasteiger partial charge in [-0.1, -0.05) is 42.5 Å². The summed E-state index contributed by atoms with van der Waals surface area (Å²) >= 11 is 0. The number of aliphatic hydroxyl groups is 2. The number of likely N-dealkylation sites (tertiary alicyclic amines) is 1. The van der Waals surface area contributed by atoms with Crippen LogP contribution in [0.1, 0.15) is 12.8 Å². The van der Waals surface area contributed by atoms with Gasteiger partial charge in [-0.3, -0.25) is 4.79 Å². The molecule has 0 radical (unpaired) electrons. The molecule has 1 aliphatic heterocycles. The summed E-state index contributed by atoms with van der Waals surface area (Å²) in [5.41, 5.74) is 3.31. The molecule has 1 amide bonds. The molecule has 0 bridgehead atoms. The van der Waals surface area contributed by atoms with E-state index in [1.165, 1.54) is 5.56 Å². The minimum Gasteiger partial charge on any atom is -0.390 e. The highest BCUT2D eigenvalue weighted by Crippen LogP contribution is 2.21. The Morgan fingerprint density at radius 1 is 1.00 bits per heavy atom. The van der Waals surface area contributed by atoms with Crippen LogP contribution in [-0.2, 0) is 4.79 Å². The van der Waals surface area contributed by atoms with Crippen LogP contribution in [0.5, 0.6) is 0 Å². The second kappa shape index (κ2) is 8.14. The third-order valence-electron chi connectivity index (χ3n) is 4.56. The van der Waals surface area contributed by atoms with Gasteiger partial charge in [0.25, 0.3) is 0 Å². The van der Waals surface area contributed by atoms with E-state index < -0.39 is 12.2 Å². The average molecular weight is 340 g/mol. The molecule has 25 heavy (non-hydrogen) atoms. The van der Waals surface area contributed by atoms with Gasteiger partial charge < -0.3 is 20.4 Å². The van der Waals surface area contributed by atoms with Crippen LogP contribution in [0.4, 0.5) is 5.69 Å². The summed E-state index contributed by atoms with van der Waals surface area (Å²) in [4.78, 5) is 13.8. The van der Waals surface area contributed by atoms with Gasteiger partial charge >= 0.3 is 0 Å². The Balaban J connectivity index is 1.47. The number of piperidine rings is 1. The molecular weight excluding hydrogens is 316 g/mol. The highest BCUT2D eigenvalue weighted by atomic mass is 16.3. The average Bonchev–Trinajstić information content (AvgIpc) is 2.65. The number of carbonyl (C=O) groups excluding carboxylic acids is 1. The fourth-order valence-electron chi connectivity index (χ4n) is 3.03. The summed E-state index contributed by atoms with van der Waals surface area (Å²) in [7, 11) is 0. The molecule has 0 spiro atoms. The van der Waals surface area contributed by atoms with Crippen LogP contribution in [0.25, 0.3) is 11.1 Å². The number of amides is 1. The second-order valence-electron chi connectivity index (χ2n) is 6.38. The number of nitrogens with one attached hydrogen (secondary N) is 1. The van der Waals surface area contributed by atoms with E-state index in [9.17, 15) is 15.0 Å². The van der Waals surface area contributed by atoms with Crippen LogP contribution >= 0.6 is 0 Å². The van der Waals surface area contributed by atoms with Crippen molar-refractivity contribution in [3.8, 4) is 11.1 Å². The predicted octanol–water partition coefficient (Wildman–Crippen LogP) is 2.11. The lowest BCUT2D eigenvalue weighted by atomic mass is 10.0. The monoisotopic (exact) mass is 340 g/mol. The molecule has 2 aromatic rings. The van der Waals surface area contributed by atoms with Crippen LogP contribution in [-0.4, -0.2) is 52.9 Å². The van der Waals surface area contributed by atoms with E-state index in [0.717, 1.165) is 11.3 Å². The smallest absolute Gasteiger partial charge is 0.224 e. The number of nitrogens with zero attached hydrogens (tertiary/aromatic N) is 1. The molecule has 5 heteroatoms.